The molecule has 0 bridgehead atoms. The third kappa shape index (κ3) is 5.50. The molecule has 0 aliphatic carbocycles. The molecule has 2 amide bonds. The van der Waals surface area contributed by atoms with Gasteiger partial charge >= 0.3 is 6.03 Å². The Morgan fingerprint density at radius 2 is 2.24 bits per heavy atom. The van der Waals surface area contributed by atoms with E-state index in [1.807, 2.05) is 36.0 Å². The maximum Gasteiger partial charge on any atom is 0.315 e. The van der Waals surface area contributed by atoms with Crippen LogP contribution in [0, 0.1) is 0 Å². The summed E-state index contributed by atoms with van der Waals surface area (Å²) >= 11 is 1.94. The first kappa shape index (κ1) is 16.0. The number of hydrogen-bond donors (Lipinski definition) is 2. The summed E-state index contributed by atoms with van der Waals surface area (Å²) in [6, 6.07) is 7.94. The predicted molar refractivity (Wildman–Crippen MR) is 88.2 cm³/mol. The highest BCUT2D eigenvalue weighted by molar-refractivity contribution is 7.99. The fourth-order valence-electron chi connectivity index (χ4n) is 2.28. The van der Waals surface area contributed by atoms with Crippen molar-refractivity contribution in [1.29, 1.82) is 0 Å². The highest BCUT2D eigenvalue weighted by atomic mass is 32.2. The van der Waals surface area contributed by atoms with Crippen LogP contribution in [0.3, 0.4) is 0 Å². The fourth-order valence-corrected chi connectivity index (χ4v) is 3.12. The maximum absolute atomic E-state index is 11.8. The molecule has 4 nitrogen and oxygen atoms in total. The largest absolute Gasteiger partial charge is 0.491 e. The molecule has 1 aromatic carbocycles. The minimum atomic E-state index is -0.0940. The van der Waals surface area contributed by atoms with Gasteiger partial charge in [0.15, 0.2) is 0 Å². The molecule has 0 saturated heterocycles. The monoisotopic (exact) mass is 308 g/mol. The lowest BCUT2D eigenvalue weighted by molar-refractivity contribution is 0.214. The average molecular weight is 308 g/mol. The number of carbonyl (C=O) groups is 1. The molecule has 0 spiro atoms. The number of rotatable bonds is 7. The van der Waals surface area contributed by atoms with Gasteiger partial charge in [-0.1, -0.05) is 25.1 Å². The van der Waals surface area contributed by atoms with Crippen LogP contribution in [-0.4, -0.2) is 36.7 Å². The molecule has 1 heterocycles. The van der Waals surface area contributed by atoms with E-state index in [9.17, 15) is 4.79 Å². The number of thioether (sulfide) groups is 1. The van der Waals surface area contributed by atoms with Crippen LogP contribution in [0.15, 0.2) is 24.3 Å². The summed E-state index contributed by atoms with van der Waals surface area (Å²) in [5, 5.41) is 5.89. The second-order valence-electron chi connectivity index (χ2n) is 5.19. The number of ether oxygens (including phenoxy) is 1. The average Bonchev–Trinajstić information content (AvgIpc) is 2.50. The van der Waals surface area contributed by atoms with E-state index in [2.05, 4.69) is 17.6 Å². The number of nitrogens with one attached hydrogen (secondary N) is 2. The summed E-state index contributed by atoms with van der Waals surface area (Å²) in [6.45, 7) is 3.45. The van der Waals surface area contributed by atoms with E-state index in [1.165, 1.54) is 12.2 Å². The van der Waals surface area contributed by atoms with Crippen LogP contribution in [0.2, 0.25) is 0 Å². The highest BCUT2D eigenvalue weighted by Crippen LogP contribution is 2.23. The SMILES string of the molecule is CCCSCCCNC(=O)N[C@@H]1COc2ccccc2C1. The second kappa shape index (κ2) is 8.82. The molecule has 2 N–H and O–H groups in total. The van der Waals surface area contributed by atoms with E-state index >= 15 is 0 Å². The van der Waals surface area contributed by atoms with Crippen molar-refractivity contribution in [3.05, 3.63) is 29.8 Å². The van der Waals surface area contributed by atoms with Crippen LogP contribution < -0.4 is 15.4 Å². The van der Waals surface area contributed by atoms with Gasteiger partial charge in [0.1, 0.15) is 12.4 Å². The van der Waals surface area contributed by atoms with Gasteiger partial charge in [0.25, 0.3) is 0 Å². The van der Waals surface area contributed by atoms with E-state index in [0.29, 0.717) is 6.61 Å². The predicted octanol–water partition coefficient (Wildman–Crippen LogP) is 2.82. The Hall–Kier alpha value is -1.36. The molecule has 5 heteroatoms. The number of para-hydroxylation sites is 1. The Kier molecular flexibility index (Phi) is 6.73. The Bertz CT molecular complexity index is 454. The summed E-state index contributed by atoms with van der Waals surface area (Å²) in [5.41, 5.74) is 1.16. The zero-order valence-corrected chi connectivity index (χ0v) is 13.4. The molecule has 0 fully saturated rings. The standard InChI is InChI=1S/C16H24N2O2S/c1-2-9-21-10-5-8-17-16(19)18-14-11-13-6-3-4-7-15(13)20-12-14/h3-4,6-7,14H,2,5,8-12H2,1H3,(H2,17,18,19)/t14-/m0/s1. The first-order valence-corrected chi connectivity index (χ1v) is 8.78. The summed E-state index contributed by atoms with van der Waals surface area (Å²) in [4.78, 5) is 11.8. The van der Waals surface area contributed by atoms with Crippen molar-refractivity contribution in [1.82, 2.24) is 10.6 Å². The molecule has 0 radical (unpaired) electrons. The van der Waals surface area contributed by atoms with E-state index in [0.717, 1.165) is 36.5 Å². The lowest BCUT2D eigenvalue weighted by Crippen LogP contribution is -2.47. The maximum atomic E-state index is 11.8. The van der Waals surface area contributed by atoms with Crippen molar-refractivity contribution in [2.24, 2.45) is 0 Å². The zero-order chi connectivity index (χ0) is 14.9. The van der Waals surface area contributed by atoms with Crippen molar-refractivity contribution in [3.8, 4) is 5.75 Å². The molecular formula is C16H24N2O2S. The molecule has 0 aromatic heterocycles. The van der Waals surface area contributed by atoms with Gasteiger partial charge in [0, 0.05) is 6.54 Å². The first-order valence-electron chi connectivity index (χ1n) is 7.62. The molecule has 2 rings (SSSR count). The zero-order valence-electron chi connectivity index (χ0n) is 12.6. The molecule has 21 heavy (non-hydrogen) atoms. The topological polar surface area (TPSA) is 50.4 Å². The smallest absolute Gasteiger partial charge is 0.315 e. The Morgan fingerprint density at radius 3 is 3.10 bits per heavy atom. The van der Waals surface area contributed by atoms with E-state index < -0.39 is 0 Å². The Labute approximate surface area is 131 Å². The van der Waals surface area contributed by atoms with Crippen LogP contribution in [0.1, 0.15) is 25.3 Å². The van der Waals surface area contributed by atoms with Crippen LogP contribution in [0.4, 0.5) is 4.79 Å². The molecule has 1 aromatic rings. The summed E-state index contributed by atoms with van der Waals surface area (Å²) < 4.78 is 5.66. The molecule has 116 valence electrons. The van der Waals surface area contributed by atoms with Gasteiger partial charge in [0.2, 0.25) is 0 Å². The molecule has 0 saturated carbocycles. The van der Waals surface area contributed by atoms with Gasteiger partial charge in [0.05, 0.1) is 6.04 Å². The van der Waals surface area contributed by atoms with Crippen LogP contribution in [-0.2, 0) is 6.42 Å². The first-order chi connectivity index (χ1) is 10.3. The Balaban J connectivity index is 1.63. The number of amides is 2. The van der Waals surface area contributed by atoms with Gasteiger partial charge in [-0.3, -0.25) is 0 Å². The minimum absolute atomic E-state index is 0.0503. The van der Waals surface area contributed by atoms with Crippen molar-refractivity contribution in [3.63, 3.8) is 0 Å². The van der Waals surface area contributed by atoms with Gasteiger partial charge in [-0.25, -0.2) is 4.79 Å². The van der Waals surface area contributed by atoms with Crippen molar-refractivity contribution >= 4 is 17.8 Å². The second-order valence-corrected chi connectivity index (χ2v) is 6.41. The van der Waals surface area contributed by atoms with Crippen molar-refractivity contribution < 1.29 is 9.53 Å². The highest BCUT2D eigenvalue weighted by Gasteiger charge is 2.20. The molecule has 1 aliphatic heterocycles. The van der Waals surface area contributed by atoms with Gasteiger partial charge < -0.3 is 15.4 Å². The lowest BCUT2D eigenvalue weighted by atomic mass is 10.0. The van der Waals surface area contributed by atoms with Gasteiger partial charge in [-0.15, -0.1) is 0 Å². The van der Waals surface area contributed by atoms with Crippen LogP contribution in [0.5, 0.6) is 5.75 Å². The molecule has 0 unspecified atom stereocenters. The van der Waals surface area contributed by atoms with Crippen molar-refractivity contribution in [2.75, 3.05) is 24.7 Å². The summed E-state index contributed by atoms with van der Waals surface area (Å²) in [6.07, 6.45) is 3.06. The third-order valence-corrected chi connectivity index (χ3v) is 4.59. The van der Waals surface area contributed by atoms with Gasteiger partial charge in [-0.05, 0) is 42.4 Å². The minimum Gasteiger partial charge on any atom is -0.491 e. The number of carbonyl (C=O) groups excluding carboxylic acids is 1. The normalized spacial score (nSPS) is 16.7. The molecule has 1 aliphatic rings. The number of hydrogen-bond acceptors (Lipinski definition) is 3. The quantitative estimate of drug-likeness (QED) is 0.762. The van der Waals surface area contributed by atoms with E-state index in [4.69, 9.17) is 4.74 Å². The molecular weight excluding hydrogens is 284 g/mol. The van der Waals surface area contributed by atoms with Crippen molar-refractivity contribution in [2.45, 2.75) is 32.2 Å². The number of fused-ring (bicyclic) bond motifs is 1. The van der Waals surface area contributed by atoms with Gasteiger partial charge in [-0.2, -0.15) is 11.8 Å². The number of benzene rings is 1. The summed E-state index contributed by atoms with van der Waals surface area (Å²) in [7, 11) is 0. The number of urea groups is 1. The summed E-state index contributed by atoms with van der Waals surface area (Å²) in [5.74, 6) is 3.24. The van der Waals surface area contributed by atoms with Crippen LogP contribution in [0.25, 0.3) is 0 Å². The lowest BCUT2D eigenvalue weighted by Gasteiger charge is -2.26. The molecule has 1 atom stereocenters. The van der Waals surface area contributed by atoms with Crippen LogP contribution >= 0.6 is 11.8 Å². The van der Waals surface area contributed by atoms with E-state index in [-0.39, 0.29) is 12.1 Å². The fraction of sp³-hybridized carbons (Fsp3) is 0.562. The Morgan fingerprint density at radius 1 is 1.38 bits per heavy atom. The third-order valence-electron chi connectivity index (χ3n) is 3.31. The van der Waals surface area contributed by atoms with E-state index in [1.54, 1.807) is 0 Å².